The first kappa shape index (κ1) is 20.4. The number of allylic oxidation sites excluding steroid dienone is 1. The second kappa shape index (κ2) is 7.74. The monoisotopic (exact) mass is 407 g/mol. The molecule has 2 atom stereocenters. The standard InChI is InChI=1S/C24H29N3O3/c1-6-17-21(22-27-24(4,5)13-30-22)20(19(14(3)26-17)23(28)29-7-2)16-12-25-18-11-9-8-10-15(16)18/h8-12,19-20,25H,6-7,13H2,1-5H3. The van der Waals surface area contributed by atoms with Crippen LogP contribution in [0.2, 0.25) is 0 Å². The van der Waals surface area contributed by atoms with Crippen LogP contribution >= 0.6 is 0 Å². The summed E-state index contributed by atoms with van der Waals surface area (Å²) in [6, 6.07) is 8.13. The maximum absolute atomic E-state index is 13.1. The van der Waals surface area contributed by atoms with Gasteiger partial charge in [-0.25, -0.2) is 4.99 Å². The average molecular weight is 408 g/mol. The number of carbonyl (C=O) groups excluding carboxylic acids is 1. The zero-order chi connectivity index (χ0) is 21.5. The summed E-state index contributed by atoms with van der Waals surface area (Å²) >= 11 is 0. The predicted molar refractivity (Wildman–Crippen MR) is 119 cm³/mol. The number of H-pyrrole nitrogens is 1. The summed E-state index contributed by atoms with van der Waals surface area (Å²) in [6.07, 6.45) is 2.72. The normalized spacial score (nSPS) is 23.2. The second-order valence-corrected chi connectivity index (χ2v) is 8.48. The van der Waals surface area contributed by atoms with Crippen molar-refractivity contribution in [3.05, 3.63) is 47.3 Å². The number of benzene rings is 1. The molecule has 6 nitrogen and oxygen atoms in total. The van der Waals surface area contributed by atoms with E-state index in [9.17, 15) is 4.79 Å². The van der Waals surface area contributed by atoms with Crippen molar-refractivity contribution < 1.29 is 14.3 Å². The highest BCUT2D eigenvalue weighted by atomic mass is 16.5. The number of fused-ring (bicyclic) bond motifs is 1. The van der Waals surface area contributed by atoms with Crippen molar-refractivity contribution in [1.82, 2.24) is 4.98 Å². The molecule has 4 rings (SSSR count). The third kappa shape index (κ3) is 3.44. The fourth-order valence-electron chi connectivity index (χ4n) is 4.40. The first-order valence-electron chi connectivity index (χ1n) is 10.6. The Labute approximate surface area is 177 Å². The first-order chi connectivity index (χ1) is 14.4. The van der Waals surface area contributed by atoms with Crippen molar-refractivity contribution in [3.63, 3.8) is 0 Å². The molecule has 0 radical (unpaired) electrons. The molecule has 158 valence electrons. The van der Waals surface area contributed by atoms with E-state index in [4.69, 9.17) is 19.5 Å². The van der Waals surface area contributed by atoms with E-state index in [1.54, 1.807) is 0 Å². The van der Waals surface area contributed by atoms with Gasteiger partial charge < -0.3 is 14.5 Å². The number of aromatic amines is 1. The largest absolute Gasteiger partial charge is 0.475 e. The summed E-state index contributed by atoms with van der Waals surface area (Å²) < 4.78 is 11.5. The summed E-state index contributed by atoms with van der Waals surface area (Å²) in [6.45, 7) is 10.7. The Kier molecular flexibility index (Phi) is 5.26. The molecule has 2 aliphatic rings. The molecule has 1 aromatic carbocycles. The van der Waals surface area contributed by atoms with Gasteiger partial charge in [0.15, 0.2) is 0 Å². The van der Waals surface area contributed by atoms with E-state index in [1.807, 2.05) is 52.1 Å². The van der Waals surface area contributed by atoms with Crippen LogP contribution in [0.5, 0.6) is 0 Å². The minimum atomic E-state index is -0.524. The number of hydrogen-bond donors (Lipinski definition) is 1. The molecule has 1 aromatic heterocycles. The molecular weight excluding hydrogens is 378 g/mol. The number of rotatable bonds is 5. The molecule has 30 heavy (non-hydrogen) atoms. The second-order valence-electron chi connectivity index (χ2n) is 8.48. The molecule has 2 unspecified atom stereocenters. The third-order valence-corrected chi connectivity index (χ3v) is 5.75. The van der Waals surface area contributed by atoms with E-state index in [0.717, 1.165) is 39.9 Å². The quantitative estimate of drug-likeness (QED) is 0.725. The topological polar surface area (TPSA) is 76.0 Å². The molecule has 3 heterocycles. The Morgan fingerprint density at radius 1 is 1.30 bits per heavy atom. The summed E-state index contributed by atoms with van der Waals surface area (Å²) in [7, 11) is 0. The molecule has 0 saturated carbocycles. The molecule has 6 heteroatoms. The predicted octanol–water partition coefficient (Wildman–Crippen LogP) is 4.78. The lowest BCUT2D eigenvalue weighted by molar-refractivity contribution is -0.146. The van der Waals surface area contributed by atoms with Crippen LogP contribution in [-0.4, -0.2) is 41.3 Å². The number of para-hydroxylation sites is 1. The van der Waals surface area contributed by atoms with Crippen molar-refractivity contribution in [1.29, 1.82) is 0 Å². The van der Waals surface area contributed by atoms with E-state index in [0.29, 0.717) is 19.1 Å². The number of hydrogen-bond acceptors (Lipinski definition) is 5. The first-order valence-corrected chi connectivity index (χ1v) is 10.6. The van der Waals surface area contributed by atoms with E-state index < -0.39 is 5.92 Å². The lowest BCUT2D eigenvalue weighted by Crippen LogP contribution is -2.36. The maximum Gasteiger partial charge on any atom is 0.315 e. The number of nitrogens with zero attached hydrogens (tertiary/aromatic N) is 2. The van der Waals surface area contributed by atoms with Gasteiger partial charge in [-0.1, -0.05) is 25.1 Å². The Morgan fingerprint density at radius 3 is 2.73 bits per heavy atom. The van der Waals surface area contributed by atoms with Crippen molar-refractivity contribution in [3.8, 4) is 0 Å². The Balaban J connectivity index is 1.96. The van der Waals surface area contributed by atoms with Crippen LogP contribution in [0, 0.1) is 5.92 Å². The zero-order valence-corrected chi connectivity index (χ0v) is 18.3. The van der Waals surface area contributed by atoms with Gasteiger partial charge in [0, 0.05) is 40.0 Å². The molecule has 0 amide bonds. The van der Waals surface area contributed by atoms with Crippen LogP contribution in [0.4, 0.5) is 0 Å². The van der Waals surface area contributed by atoms with Crippen molar-refractivity contribution in [2.24, 2.45) is 15.9 Å². The molecule has 0 aliphatic carbocycles. The molecular formula is C24H29N3O3. The van der Waals surface area contributed by atoms with Gasteiger partial charge in [-0.15, -0.1) is 0 Å². The minimum absolute atomic E-state index is 0.264. The Morgan fingerprint density at radius 2 is 2.07 bits per heavy atom. The van der Waals surface area contributed by atoms with Crippen LogP contribution in [0.15, 0.2) is 51.7 Å². The molecule has 0 bridgehead atoms. The fraction of sp³-hybridized carbons (Fsp3) is 0.458. The van der Waals surface area contributed by atoms with Crippen LogP contribution in [-0.2, 0) is 14.3 Å². The van der Waals surface area contributed by atoms with E-state index >= 15 is 0 Å². The SMILES string of the molecule is CCOC(=O)C1C(C)=NC(CC)=C(C2=NC(C)(C)CO2)C1c1c[nH]c2ccccc12. The number of ether oxygens (including phenoxy) is 2. The van der Waals surface area contributed by atoms with Crippen LogP contribution < -0.4 is 0 Å². The third-order valence-electron chi connectivity index (χ3n) is 5.75. The van der Waals surface area contributed by atoms with Gasteiger partial charge in [-0.3, -0.25) is 9.79 Å². The summed E-state index contributed by atoms with van der Waals surface area (Å²) in [5.41, 5.74) is 4.34. The van der Waals surface area contributed by atoms with Crippen LogP contribution in [0.1, 0.15) is 52.5 Å². The molecule has 2 aromatic rings. The highest BCUT2D eigenvalue weighted by Gasteiger charge is 2.44. The number of aliphatic imine (C=N–C) groups is 2. The minimum Gasteiger partial charge on any atom is -0.475 e. The summed E-state index contributed by atoms with van der Waals surface area (Å²) in [4.78, 5) is 26.1. The number of carbonyl (C=O) groups is 1. The fourth-order valence-corrected chi connectivity index (χ4v) is 4.40. The smallest absolute Gasteiger partial charge is 0.315 e. The van der Waals surface area contributed by atoms with Gasteiger partial charge in [0.05, 0.1) is 12.1 Å². The molecule has 0 saturated heterocycles. The average Bonchev–Trinajstić information content (AvgIpc) is 3.29. The van der Waals surface area contributed by atoms with E-state index in [-0.39, 0.29) is 17.4 Å². The van der Waals surface area contributed by atoms with Gasteiger partial charge in [0.1, 0.15) is 12.5 Å². The van der Waals surface area contributed by atoms with Crippen molar-refractivity contribution >= 4 is 28.5 Å². The molecule has 1 N–H and O–H groups in total. The highest BCUT2D eigenvalue weighted by Crippen LogP contribution is 2.44. The van der Waals surface area contributed by atoms with Crippen molar-refractivity contribution in [2.75, 3.05) is 13.2 Å². The summed E-state index contributed by atoms with van der Waals surface area (Å²) in [5, 5.41) is 1.08. The zero-order valence-electron chi connectivity index (χ0n) is 18.3. The number of esters is 1. The van der Waals surface area contributed by atoms with Gasteiger partial charge >= 0.3 is 5.97 Å². The van der Waals surface area contributed by atoms with Crippen molar-refractivity contribution in [2.45, 2.75) is 52.5 Å². The van der Waals surface area contributed by atoms with Gasteiger partial charge in [-0.05, 0) is 45.7 Å². The van der Waals surface area contributed by atoms with Crippen LogP contribution in [0.25, 0.3) is 10.9 Å². The number of nitrogens with one attached hydrogen (secondary N) is 1. The Hall–Kier alpha value is -2.89. The van der Waals surface area contributed by atoms with E-state index in [2.05, 4.69) is 18.0 Å². The lowest BCUT2D eigenvalue weighted by Gasteiger charge is -2.32. The number of aromatic nitrogens is 1. The Bertz CT molecular complexity index is 1070. The van der Waals surface area contributed by atoms with Gasteiger partial charge in [-0.2, -0.15) is 0 Å². The maximum atomic E-state index is 13.1. The molecule has 0 fully saturated rings. The van der Waals surface area contributed by atoms with Crippen LogP contribution in [0.3, 0.4) is 0 Å². The van der Waals surface area contributed by atoms with E-state index in [1.165, 1.54) is 0 Å². The molecule has 2 aliphatic heterocycles. The van der Waals surface area contributed by atoms with Gasteiger partial charge in [0.2, 0.25) is 5.90 Å². The lowest BCUT2D eigenvalue weighted by atomic mass is 9.75. The summed E-state index contributed by atoms with van der Waals surface area (Å²) in [5.74, 6) is -0.470. The van der Waals surface area contributed by atoms with Gasteiger partial charge in [0.25, 0.3) is 0 Å². The highest BCUT2D eigenvalue weighted by molar-refractivity contribution is 6.09. The molecule has 0 spiro atoms.